The number of nitrogens with zero attached hydrogens (tertiary/aromatic N) is 2. The van der Waals surface area contributed by atoms with Crippen LogP contribution in [0.4, 0.5) is 0 Å². The van der Waals surface area contributed by atoms with Crippen LogP contribution in [0.3, 0.4) is 0 Å². The first-order chi connectivity index (χ1) is 8.28. The lowest BCUT2D eigenvalue weighted by atomic mass is 9.94. The third-order valence-electron chi connectivity index (χ3n) is 3.21. The van der Waals surface area contributed by atoms with Gasteiger partial charge in [-0.25, -0.2) is 9.97 Å². The second-order valence-electron chi connectivity index (χ2n) is 4.75. The number of nitrogens with two attached hydrogens (primary N) is 1. The standard InChI is InChI=1S/C13H21N3O/c1-2-3-11-8-13(16-9-15-11)17-12-6-4-10(14)5-7-12/h8-10,12H,2-7,14H2,1H3. The van der Waals surface area contributed by atoms with Crippen molar-refractivity contribution in [2.75, 3.05) is 0 Å². The maximum absolute atomic E-state index is 5.88. The summed E-state index contributed by atoms with van der Waals surface area (Å²) in [4.78, 5) is 8.39. The predicted molar refractivity (Wildman–Crippen MR) is 66.9 cm³/mol. The van der Waals surface area contributed by atoms with Crippen molar-refractivity contribution >= 4 is 0 Å². The van der Waals surface area contributed by atoms with Crippen LogP contribution in [0.1, 0.15) is 44.7 Å². The number of rotatable bonds is 4. The molecule has 0 unspecified atom stereocenters. The molecule has 0 bridgehead atoms. The molecule has 1 aromatic heterocycles. The molecule has 0 aliphatic heterocycles. The Morgan fingerprint density at radius 3 is 2.76 bits per heavy atom. The fourth-order valence-electron chi connectivity index (χ4n) is 2.21. The highest BCUT2D eigenvalue weighted by Gasteiger charge is 2.20. The van der Waals surface area contributed by atoms with Crippen LogP contribution >= 0.6 is 0 Å². The number of aryl methyl sites for hydroxylation is 1. The van der Waals surface area contributed by atoms with Gasteiger partial charge in [-0.3, -0.25) is 0 Å². The normalized spacial score (nSPS) is 24.6. The summed E-state index contributed by atoms with van der Waals surface area (Å²) in [5.74, 6) is 0.712. The molecule has 4 nitrogen and oxygen atoms in total. The molecule has 2 N–H and O–H groups in total. The Kier molecular flexibility index (Phi) is 4.31. The zero-order valence-corrected chi connectivity index (χ0v) is 10.4. The molecule has 1 aromatic rings. The third kappa shape index (κ3) is 3.66. The molecule has 0 atom stereocenters. The molecular formula is C13H21N3O. The van der Waals surface area contributed by atoms with E-state index in [-0.39, 0.29) is 6.10 Å². The average molecular weight is 235 g/mol. The molecule has 0 radical (unpaired) electrons. The molecule has 0 aromatic carbocycles. The van der Waals surface area contributed by atoms with E-state index in [9.17, 15) is 0 Å². The molecular weight excluding hydrogens is 214 g/mol. The van der Waals surface area contributed by atoms with Crippen LogP contribution in [-0.4, -0.2) is 22.1 Å². The quantitative estimate of drug-likeness (QED) is 0.868. The fourth-order valence-corrected chi connectivity index (χ4v) is 2.21. The van der Waals surface area contributed by atoms with Gasteiger partial charge in [-0.15, -0.1) is 0 Å². The van der Waals surface area contributed by atoms with Crippen LogP contribution in [0.15, 0.2) is 12.4 Å². The molecule has 1 aliphatic rings. The summed E-state index contributed by atoms with van der Waals surface area (Å²) in [6.45, 7) is 2.14. The van der Waals surface area contributed by atoms with E-state index < -0.39 is 0 Å². The largest absolute Gasteiger partial charge is 0.474 e. The molecule has 1 heterocycles. The SMILES string of the molecule is CCCc1cc(OC2CCC(N)CC2)ncn1. The van der Waals surface area contributed by atoms with Gasteiger partial charge in [0.15, 0.2) is 0 Å². The van der Waals surface area contributed by atoms with Crippen molar-refractivity contribution in [3.05, 3.63) is 18.1 Å². The summed E-state index contributed by atoms with van der Waals surface area (Å²) >= 11 is 0. The first kappa shape index (κ1) is 12.3. The van der Waals surface area contributed by atoms with Gasteiger partial charge in [0.25, 0.3) is 0 Å². The van der Waals surface area contributed by atoms with Crippen LogP contribution < -0.4 is 10.5 Å². The Labute approximate surface area is 103 Å². The van der Waals surface area contributed by atoms with Gasteiger partial charge in [-0.1, -0.05) is 13.3 Å². The summed E-state index contributed by atoms with van der Waals surface area (Å²) in [7, 11) is 0. The monoisotopic (exact) mass is 235 g/mol. The van der Waals surface area contributed by atoms with Crippen molar-refractivity contribution in [1.29, 1.82) is 0 Å². The van der Waals surface area contributed by atoms with Crippen molar-refractivity contribution < 1.29 is 4.74 Å². The van der Waals surface area contributed by atoms with Crippen LogP contribution in [0, 0.1) is 0 Å². The van der Waals surface area contributed by atoms with Crippen molar-refractivity contribution in [3.63, 3.8) is 0 Å². The predicted octanol–water partition coefficient (Wildman–Crippen LogP) is 2.08. The average Bonchev–Trinajstić information content (AvgIpc) is 2.33. The third-order valence-corrected chi connectivity index (χ3v) is 3.21. The zero-order valence-electron chi connectivity index (χ0n) is 10.4. The van der Waals surface area contributed by atoms with E-state index in [0.717, 1.165) is 44.2 Å². The summed E-state index contributed by atoms with van der Waals surface area (Å²) in [5, 5.41) is 0. The Morgan fingerprint density at radius 2 is 2.06 bits per heavy atom. The highest BCUT2D eigenvalue weighted by Crippen LogP contribution is 2.21. The minimum absolute atomic E-state index is 0.277. The second kappa shape index (κ2) is 5.96. The van der Waals surface area contributed by atoms with E-state index >= 15 is 0 Å². The van der Waals surface area contributed by atoms with E-state index in [4.69, 9.17) is 10.5 Å². The Bertz CT molecular complexity index is 348. The lowest BCUT2D eigenvalue weighted by Gasteiger charge is -2.26. The van der Waals surface area contributed by atoms with Crippen molar-refractivity contribution in [2.45, 2.75) is 57.6 Å². The van der Waals surface area contributed by atoms with E-state index in [2.05, 4.69) is 16.9 Å². The van der Waals surface area contributed by atoms with Crippen LogP contribution in [0.25, 0.3) is 0 Å². The summed E-state index contributed by atoms with van der Waals surface area (Å²) in [5.41, 5.74) is 6.93. The van der Waals surface area contributed by atoms with Gasteiger partial charge >= 0.3 is 0 Å². The summed E-state index contributed by atoms with van der Waals surface area (Å²) < 4.78 is 5.88. The van der Waals surface area contributed by atoms with Crippen molar-refractivity contribution in [1.82, 2.24) is 9.97 Å². The highest BCUT2D eigenvalue weighted by molar-refractivity contribution is 5.14. The van der Waals surface area contributed by atoms with Crippen LogP contribution in [0.2, 0.25) is 0 Å². The topological polar surface area (TPSA) is 61.0 Å². The van der Waals surface area contributed by atoms with Crippen molar-refractivity contribution in [3.8, 4) is 5.88 Å². The number of aromatic nitrogens is 2. The van der Waals surface area contributed by atoms with Gasteiger partial charge in [0.1, 0.15) is 12.4 Å². The van der Waals surface area contributed by atoms with Crippen molar-refractivity contribution in [2.24, 2.45) is 5.73 Å². The van der Waals surface area contributed by atoms with Gasteiger partial charge in [-0.2, -0.15) is 0 Å². The minimum Gasteiger partial charge on any atom is -0.474 e. The summed E-state index contributed by atoms with van der Waals surface area (Å²) in [6.07, 6.45) is 8.12. The minimum atomic E-state index is 0.277. The molecule has 1 saturated carbocycles. The Hall–Kier alpha value is -1.16. The molecule has 2 rings (SSSR count). The second-order valence-corrected chi connectivity index (χ2v) is 4.75. The molecule has 1 aliphatic carbocycles. The molecule has 4 heteroatoms. The molecule has 17 heavy (non-hydrogen) atoms. The molecule has 0 amide bonds. The Balaban J connectivity index is 1.91. The maximum Gasteiger partial charge on any atom is 0.216 e. The van der Waals surface area contributed by atoms with E-state index in [1.165, 1.54) is 0 Å². The highest BCUT2D eigenvalue weighted by atomic mass is 16.5. The van der Waals surface area contributed by atoms with Crippen LogP contribution in [-0.2, 0) is 6.42 Å². The molecule has 1 fully saturated rings. The summed E-state index contributed by atoms with van der Waals surface area (Å²) in [6, 6.07) is 2.31. The smallest absolute Gasteiger partial charge is 0.216 e. The Morgan fingerprint density at radius 1 is 1.29 bits per heavy atom. The number of hydrogen-bond acceptors (Lipinski definition) is 4. The molecule has 0 saturated heterocycles. The van der Waals surface area contributed by atoms with E-state index in [1.54, 1.807) is 6.33 Å². The van der Waals surface area contributed by atoms with Gasteiger partial charge in [0.05, 0.1) is 0 Å². The first-order valence-electron chi connectivity index (χ1n) is 6.51. The molecule has 94 valence electrons. The fraction of sp³-hybridized carbons (Fsp3) is 0.692. The van der Waals surface area contributed by atoms with Gasteiger partial charge in [0, 0.05) is 17.8 Å². The lowest BCUT2D eigenvalue weighted by molar-refractivity contribution is 0.141. The lowest BCUT2D eigenvalue weighted by Crippen LogP contribution is -2.31. The van der Waals surface area contributed by atoms with E-state index in [0.29, 0.717) is 11.9 Å². The van der Waals surface area contributed by atoms with Gasteiger partial charge in [-0.05, 0) is 32.1 Å². The zero-order chi connectivity index (χ0) is 12.1. The maximum atomic E-state index is 5.88. The first-order valence-corrected chi connectivity index (χ1v) is 6.51. The van der Waals surface area contributed by atoms with Crippen LogP contribution in [0.5, 0.6) is 5.88 Å². The van der Waals surface area contributed by atoms with E-state index in [1.807, 2.05) is 6.07 Å². The molecule has 0 spiro atoms. The van der Waals surface area contributed by atoms with Gasteiger partial charge < -0.3 is 10.5 Å². The number of hydrogen-bond donors (Lipinski definition) is 1. The van der Waals surface area contributed by atoms with Gasteiger partial charge in [0.2, 0.25) is 5.88 Å². The number of ether oxygens (including phenoxy) is 1.